The molecule has 3 nitrogen and oxygen atoms in total. The Kier molecular flexibility index (Phi) is 6.68. The third-order valence-electron chi connectivity index (χ3n) is 8.65. The lowest BCUT2D eigenvalue weighted by atomic mass is 9.77. The quantitative estimate of drug-likeness (QED) is 0.219. The highest BCUT2D eigenvalue weighted by Gasteiger charge is 2.25. The molecule has 0 bridgehead atoms. The smallest absolute Gasteiger partial charge is 0.0781 e. The van der Waals surface area contributed by atoms with Gasteiger partial charge in [-0.1, -0.05) is 91.8 Å². The molecule has 0 radical (unpaired) electrons. The number of fused-ring (bicyclic) bond motifs is 3. The molecule has 3 heterocycles. The van der Waals surface area contributed by atoms with Crippen LogP contribution in [0.3, 0.4) is 0 Å². The van der Waals surface area contributed by atoms with Gasteiger partial charge in [0.1, 0.15) is 0 Å². The van der Waals surface area contributed by atoms with Crippen molar-refractivity contribution in [1.29, 1.82) is 0 Å². The summed E-state index contributed by atoms with van der Waals surface area (Å²) in [7, 11) is 0. The molecule has 42 heavy (non-hydrogen) atoms. The molecular formula is C39H41N3. The second-order valence-corrected chi connectivity index (χ2v) is 14.5. The molecule has 0 fully saturated rings. The summed E-state index contributed by atoms with van der Waals surface area (Å²) in [6, 6.07) is 26.6. The van der Waals surface area contributed by atoms with Gasteiger partial charge in [0, 0.05) is 45.9 Å². The number of aromatic nitrogens is 3. The van der Waals surface area contributed by atoms with Gasteiger partial charge in [0.25, 0.3) is 0 Å². The largest absolute Gasteiger partial charge is 0.256 e. The van der Waals surface area contributed by atoms with Crippen LogP contribution < -0.4 is 0 Å². The lowest BCUT2D eigenvalue weighted by molar-refractivity contribution is 0.524. The highest BCUT2D eigenvalue weighted by Crippen LogP contribution is 2.37. The first-order valence-electron chi connectivity index (χ1n) is 15.0. The fourth-order valence-electron chi connectivity index (χ4n) is 6.11. The van der Waals surface area contributed by atoms with Crippen LogP contribution in [0.2, 0.25) is 0 Å². The number of hydrogen-bond donors (Lipinski definition) is 0. The number of rotatable bonds is 4. The Morgan fingerprint density at radius 1 is 0.595 bits per heavy atom. The number of pyridine rings is 3. The summed E-state index contributed by atoms with van der Waals surface area (Å²) in [5.41, 5.74) is 10.6. The first-order chi connectivity index (χ1) is 19.8. The van der Waals surface area contributed by atoms with E-state index < -0.39 is 0 Å². The summed E-state index contributed by atoms with van der Waals surface area (Å²) < 4.78 is 0. The topological polar surface area (TPSA) is 38.7 Å². The Balaban J connectivity index is 1.38. The summed E-state index contributed by atoms with van der Waals surface area (Å²) >= 11 is 0. The summed E-state index contributed by atoms with van der Waals surface area (Å²) in [4.78, 5) is 14.6. The minimum Gasteiger partial charge on any atom is -0.256 e. The molecule has 0 aliphatic heterocycles. The SMILES string of the molecule is CC(C)(C)c1cc(-c2cnc3cc(C(C)(C)Cc4ccnc5c(C(C)(C)C)cccc45)ccc3c2)c2ncccc2c1. The van der Waals surface area contributed by atoms with E-state index in [-0.39, 0.29) is 16.2 Å². The van der Waals surface area contributed by atoms with Gasteiger partial charge in [-0.3, -0.25) is 15.0 Å². The highest BCUT2D eigenvalue weighted by atomic mass is 14.7. The van der Waals surface area contributed by atoms with Gasteiger partial charge in [-0.25, -0.2) is 0 Å². The van der Waals surface area contributed by atoms with Crippen LogP contribution in [0.1, 0.15) is 77.6 Å². The molecule has 0 saturated carbocycles. The minimum atomic E-state index is -0.0816. The second-order valence-electron chi connectivity index (χ2n) is 14.5. The molecule has 3 aromatic carbocycles. The second kappa shape index (κ2) is 10.0. The van der Waals surface area contributed by atoms with Crippen LogP contribution in [-0.2, 0) is 22.7 Å². The van der Waals surface area contributed by atoms with Gasteiger partial charge in [0.2, 0.25) is 0 Å². The number of para-hydroxylation sites is 1. The van der Waals surface area contributed by atoms with Gasteiger partial charge in [-0.2, -0.15) is 0 Å². The Morgan fingerprint density at radius 2 is 1.38 bits per heavy atom. The van der Waals surface area contributed by atoms with Gasteiger partial charge in [0.05, 0.1) is 16.6 Å². The van der Waals surface area contributed by atoms with Crippen molar-refractivity contribution in [2.24, 2.45) is 0 Å². The highest BCUT2D eigenvalue weighted by molar-refractivity contribution is 5.96. The molecule has 0 N–H and O–H groups in total. The first kappa shape index (κ1) is 28.0. The molecule has 6 aromatic rings. The number of hydrogen-bond acceptors (Lipinski definition) is 3. The molecule has 0 amide bonds. The first-order valence-corrected chi connectivity index (χ1v) is 15.0. The molecule has 6 rings (SSSR count). The van der Waals surface area contributed by atoms with E-state index >= 15 is 0 Å². The van der Waals surface area contributed by atoms with Crippen molar-refractivity contribution in [2.45, 2.75) is 78.1 Å². The Hall–Kier alpha value is -4.11. The summed E-state index contributed by atoms with van der Waals surface area (Å²) in [6.45, 7) is 18.2. The van der Waals surface area contributed by atoms with Crippen molar-refractivity contribution in [3.8, 4) is 11.1 Å². The van der Waals surface area contributed by atoms with Gasteiger partial charge >= 0.3 is 0 Å². The monoisotopic (exact) mass is 551 g/mol. The molecular weight excluding hydrogens is 510 g/mol. The maximum Gasteiger partial charge on any atom is 0.0781 e. The van der Waals surface area contributed by atoms with Crippen molar-refractivity contribution < 1.29 is 0 Å². The van der Waals surface area contributed by atoms with E-state index in [1.54, 1.807) is 0 Å². The number of benzene rings is 3. The summed E-state index contributed by atoms with van der Waals surface area (Å²) in [5.74, 6) is 0. The van der Waals surface area contributed by atoms with Crippen molar-refractivity contribution in [1.82, 2.24) is 15.0 Å². The van der Waals surface area contributed by atoms with Crippen LogP contribution in [0, 0.1) is 0 Å². The van der Waals surface area contributed by atoms with E-state index in [1.807, 2.05) is 24.7 Å². The predicted molar refractivity (Wildman–Crippen MR) is 178 cm³/mol. The Labute approximate surface area is 250 Å². The van der Waals surface area contributed by atoms with Gasteiger partial charge in [0.15, 0.2) is 0 Å². The molecule has 0 saturated heterocycles. The van der Waals surface area contributed by atoms with Gasteiger partial charge < -0.3 is 0 Å². The Bertz CT molecular complexity index is 1950. The minimum absolute atomic E-state index is 0.0397. The zero-order valence-corrected chi connectivity index (χ0v) is 26.2. The van der Waals surface area contributed by atoms with Crippen molar-refractivity contribution in [3.05, 3.63) is 114 Å². The van der Waals surface area contributed by atoms with Crippen LogP contribution in [0.15, 0.2) is 91.4 Å². The van der Waals surface area contributed by atoms with Crippen LogP contribution in [-0.4, -0.2) is 15.0 Å². The van der Waals surface area contributed by atoms with Crippen LogP contribution >= 0.6 is 0 Å². The Morgan fingerprint density at radius 3 is 2.14 bits per heavy atom. The fraction of sp³-hybridized carbons (Fsp3) is 0.308. The van der Waals surface area contributed by atoms with Crippen molar-refractivity contribution >= 4 is 32.7 Å². The van der Waals surface area contributed by atoms with E-state index in [9.17, 15) is 0 Å². The van der Waals surface area contributed by atoms with Gasteiger partial charge in [-0.15, -0.1) is 0 Å². The fourth-order valence-corrected chi connectivity index (χ4v) is 6.11. The average molecular weight is 552 g/mol. The normalized spacial score (nSPS) is 12.9. The van der Waals surface area contributed by atoms with E-state index in [0.29, 0.717) is 0 Å². The zero-order chi connectivity index (χ0) is 29.9. The molecule has 3 aromatic heterocycles. The summed E-state index contributed by atoms with van der Waals surface area (Å²) in [6.07, 6.45) is 6.78. The molecule has 0 spiro atoms. The van der Waals surface area contributed by atoms with Crippen LogP contribution in [0.5, 0.6) is 0 Å². The lowest BCUT2D eigenvalue weighted by Crippen LogP contribution is -2.21. The molecule has 3 heteroatoms. The van der Waals surface area contributed by atoms with Crippen molar-refractivity contribution in [3.63, 3.8) is 0 Å². The molecule has 0 aliphatic carbocycles. The number of nitrogens with zero attached hydrogens (tertiary/aromatic N) is 3. The van der Waals surface area contributed by atoms with E-state index in [0.717, 1.165) is 44.9 Å². The standard InChI is InChI=1S/C39H41N3/c1-37(2,3)30-20-26-11-10-17-40-35(26)32(21-30)28-19-25-14-15-29(22-34(25)42-24-28)39(7,8)23-27-16-18-41-36-31(27)12-9-13-33(36)38(4,5)6/h9-22,24H,23H2,1-8H3. The van der Waals surface area contributed by atoms with Crippen LogP contribution in [0.4, 0.5) is 0 Å². The zero-order valence-electron chi connectivity index (χ0n) is 26.2. The van der Waals surface area contributed by atoms with E-state index in [4.69, 9.17) is 15.0 Å². The van der Waals surface area contributed by atoms with Crippen LogP contribution in [0.25, 0.3) is 43.8 Å². The van der Waals surface area contributed by atoms with E-state index in [2.05, 4.69) is 122 Å². The molecule has 212 valence electrons. The third kappa shape index (κ3) is 5.17. The molecule has 0 atom stereocenters. The van der Waals surface area contributed by atoms with Crippen molar-refractivity contribution in [2.75, 3.05) is 0 Å². The lowest BCUT2D eigenvalue weighted by Gasteiger charge is -2.27. The molecule has 0 unspecified atom stereocenters. The molecule has 0 aliphatic rings. The maximum absolute atomic E-state index is 4.99. The van der Waals surface area contributed by atoms with Gasteiger partial charge in [-0.05, 0) is 81.3 Å². The van der Waals surface area contributed by atoms with E-state index in [1.165, 1.54) is 27.6 Å². The average Bonchev–Trinajstić information content (AvgIpc) is 2.94. The summed E-state index contributed by atoms with van der Waals surface area (Å²) in [5, 5.41) is 3.55. The predicted octanol–water partition coefficient (Wildman–Crippen LogP) is 10.1. The third-order valence-corrected chi connectivity index (χ3v) is 8.65. The maximum atomic E-state index is 4.99.